The molecule has 1 aromatic heterocycles. The minimum absolute atomic E-state index is 0.850. The fourth-order valence-corrected chi connectivity index (χ4v) is 0.876. The highest BCUT2D eigenvalue weighted by atomic mass is 15.2. The minimum Gasteiger partial charge on any atom is -0.375 e. The molecular weight excluding hydrogens is 150 g/mol. The number of hydrogen-bond acceptors (Lipinski definition) is 3. The molecule has 3 heteroatoms. The molecule has 0 bridgehead atoms. The van der Waals surface area contributed by atoms with E-state index < -0.39 is 0 Å². The molecule has 0 fully saturated rings. The van der Waals surface area contributed by atoms with Gasteiger partial charge < -0.3 is 10.2 Å². The van der Waals surface area contributed by atoms with E-state index in [1.807, 2.05) is 31.1 Å². The SMILES string of the molecule is C=C(NC)N(C)c1cccnc1. The first-order valence-electron chi connectivity index (χ1n) is 3.76. The van der Waals surface area contributed by atoms with Crippen LogP contribution >= 0.6 is 0 Å². The minimum atomic E-state index is 0.850. The quantitative estimate of drug-likeness (QED) is 0.726. The van der Waals surface area contributed by atoms with Crippen LogP contribution in [0, 0.1) is 0 Å². The predicted octanol–water partition coefficient (Wildman–Crippen LogP) is 1.21. The molecule has 12 heavy (non-hydrogen) atoms. The molecule has 1 rings (SSSR count). The van der Waals surface area contributed by atoms with Crippen molar-refractivity contribution in [1.29, 1.82) is 0 Å². The molecule has 0 saturated carbocycles. The van der Waals surface area contributed by atoms with E-state index in [4.69, 9.17) is 0 Å². The third-order valence-electron chi connectivity index (χ3n) is 1.73. The second kappa shape index (κ2) is 3.76. The fourth-order valence-electron chi connectivity index (χ4n) is 0.876. The smallest absolute Gasteiger partial charge is 0.0979 e. The molecule has 0 spiro atoms. The Labute approximate surface area is 72.7 Å². The Morgan fingerprint density at radius 1 is 1.67 bits per heavy atom. The van der Waals surface area contributed by atoms with Crippen LogP contribution < -0.4 is 10.2 Å². The van der Waals surface area contributed by atoms with E-state index in [1.54, 1.807) is 12.4 Å². The van der Waals surface area contributed by atoms with Gasteiger partial charge in [-0.3, -0.25) is 4.98 Å². The van der Waals surface area contributed by atoms with Crippen LogP contribution in [0.5, 0.6) is 0 Å². The molecule has 0 amide bonds. The third-order valence-corrected chi connectivity index (χ3v) is 1.73. The molecular formula is C9H13N3. The number of hydrogen-bond donors (Lipinski definition) is 1. The molecule has 0 aliphatic carbocycles. The summed E-state index contributed by atoms with van der Waals surface area (Å²) in [5.41, 5.74) is 1.02. The lowest BCUT2D eigenvalue weighted by atomic mass is 10.4. The number of nitrogens with one attached hydrogen (secondary N) is 1. The first-order valence-corrected chi connectivity index (χ1v) is 3.76. The lowest BCUT2D eigenvalue weighted by Gasteiger charge is -2.20. The zero-order chi connectivity index (χ0) is 8.97. The second-order valence-corrected chi connectivity index (χ2v) is 2.47. The van der Waals surface area contributed by atoms with Gasteiger partial charge in [0.15, 0.2) is 0 Å². The summed E-state index contributed by atoms with van der Waals surface area (Å²) in [7, 11) is 3.78. The van der Waals surface area contributed by atoms with Gasteiger partial charge in [0.25, 0.3) is 0 Å². The Kier molecular flexibility index (Phi) is 2.69. The maximum Gasteiger partial charge on any atom is 0.0979 e. The second-order valence-electron chi connectivity index (χ2n) is 2.47. The van der Waals surface area contributed by atoms with Crippen molar-refractivity contribution in [3.63, 3.8) is 0 Å². The van der Waals surface area contributed by atoms with Crippen LogP contribution in [0.2, 0.25) is 0 Å². The third kappa shape index (κ3) is 1.75. The Hall–Kier alpha value is -1.51. The van der Waals surface area contributed by atoms with Crippen molar-refractivity contribution in [2.45, 2.75) is 0 Å². The normalized spacial score (nSPS) is 9.17. The lowest BCUT2D eigenvalue weighted by molar-refractivity contribution is 0.906. The van der Waals surface area contributed by atoms with Gasteiger partial charge in [-0.05, 0) is 12.1 Å². The summed E-state index contributed by atoms with van der Waals surface area (Å²) >= 11 is 0. The van der Waals surface area contributed by atoms with Crippen LogP contribution in [0.25, 0.3) is 0 Å². The van der Waals surface area contributed by atoms with Crippen molar-refractivity contribution in [1.82, 2.24) is 10.3 Å². The van der Waals surface area contributed by atoms with Gasteiger partial charge in [-0.15, -0.1) is 0 Å². The molecule has 0 aliphatic rings. The van der Waals surface area contributed by atoms with Crippen LogP contribution in [0.15, 0.2) is 36.9 Å². The summed E-state index contributed by atoms with van der Waals surface area (Å²) in [6.07, 6.45) is 3.54. The van der Waals surface area contributed by atoms with Gasteiger partial charge in [0.2, 0.25) is 0 Å². The summed E-state index contributed by atoms with van der Waals surface area (Å²) in [5, 5.41) is 2.97. The number of pyridine rings is 1. The Morgan fingerprint density at radius 3 is 2.92 bits per heavy atom. The van der Waals surface area contributed by atoms with Crippen molar-refractivity contribution in [2.24, 2.45) is 0 Å². The zero-order valence-electron chi connectivity index (χ0n) is 7.41. The summed E-state index contributed by atoms with van der Waals surface area (Å²) in [6, 6.07) is 3.88. The van der Waals surface area contributed by atoms with Crippen molar-refractivity contribution >= 4 is 5.69 Å². The van der Waals surface area contributed by atoms with Gasteiger partial charge in [-0.25, -0.2) is 0 Å². The summed E-state index contributed by atoms with van der Waals surface area (Å²) in [6.45, 7) is 3.84. The van der Waals surface area contributed by atoms with E-state index in [0.717, 1.165) is 11.5 Å². The fraction of sp³-hybridized carbons (Fsp3) is 0.222. The lowest BCUT2D eigenvalue weighted by Crippen LogP contribution is -2.24. The van der Waals surface area contributed by atoms with Gasteiger partial charge >= 0.3 is 0 Å². The van der Waals surface area contributed by atoms with Crippen LogP contribution in [0.3, 0.4) is 0 Å². The molecule has 0 aromatic carbocycles. The molecule has 0 aliphatic heterocycles. The summed E-state index contributed by atoms with van der Waals surface area (Å²) < 4.78 is 0. The zero-order valence-corrected chi connectivity index (χ0v) is 7.41. The van der Waals surface area contributed by atoms with Gasteiger partial charge in [0.1, 0.15) is 0 Å². The average molecular weight is 163 g/mol. The van der Waals surface area contributed by atoms with Crippen LogP contribution in [0.1, 0.15) is 0 Å². The highest BCUT2D eigenvalue weighted by Crippen LogP contribution is 2.11. The molecule has 0 unspecified atom stereocenters. The number of aromatic nitrogens is 1. The number of nitrogens with zero attached hydrogens (tertiary/aromatic N) is 2. The molecule has 1 N–H and O–H groups in total. The molecule has 1 heterocycles. The molecule has 64 valence electrons. The summed E-state index contributed by atoms with van der Waals surface area (Å²) in [4.78, 5) is 5.95. The Balaban J connectivity index is 2.78. The van der Waals surface area contributed by atoms with E-state index in [9.17, 15) is 0 Å². The standard InChI is InChI=1S/C9H13N3/c1-8(10-2)12(3)9-5-4-6-11-7-9/h4-7,10H,1H2,2-3H3. The van der Waals surface area contributed by atoms with Crippen molar-refractivity contribution < 1.29 is 0 Å². The molecule has 3 nitrogen and oxygen atoms in total. The van der Waals surface area contributed by atoms with E-state index in [-0.39, 0.29) is 0 Å². The highest BCUT2D eigenvalue weighted by Gasteiger charge is 2.00. The topological polar surface area (TPSA) is 28.2 Å². The van der Waals surface area contributed by atoms with E-state index in [2.05, 4.69) is 16.9 Å². The first-order chi connectivity index (χ1) is 5.75. The molecule has 0 saturated heterocycles. The maximum atomic E-state index is 4.01. The average Bonchev–Trinajstić information content (AvgIpc) is 2.17. The maximum absolute atomic E-state index is 4.01. The van der Waals surface area contributed by atoms with E-state index in [1.165, 1.54) is 0 Å². The van der Waals surface area contributed by atoms with Gasteiger partial charge in [0, 0.05) is 20.3 Å². The number of rotatable bonds is 3. The number of anilines is 1. The first kappa shape index (κ1) is 8.59. The van der Waals surface area contributed by atoms with Gasteiger partial charge in [-0.1, -0.05) is 6.58 Å². The van der Waals surface area contributed by atoms with Gasteiger partial charge in [-0.2, -0.15) is 0 Å². The van der Waals surface area contributed by atoms with Crippen molar-refractivity contribution in [2.75, 3.05) is 19.0 Å². The van der Waals surface area contributed by atoms with Gasteiger partial charge in [0.05, 0.1) is 17.7 Å². The Bertz CT molecular complexity index is 256. The van der Waals surface area contributed by atoms with Crippen LogP contribution in [-0.2, 0) is 0 Å². The molecule has 1 aromatic rings. The molecule has 0 radical (unpaired) electrons. The van der Waals surface area contributed by atoms with E-state index >= 15 is 0 Å². The molecule has 0 atom stereocenters. The highest BCUT2D eigenvalue weighted by molar-refractivity contribution is 5.47. The predicted molar refractivity (Wildman–Crippen MR) is 50.8 cm³/mol. The van der Waals surface area contributed by atoms with E-state index in [0.29, 0.717) is 0 Å². The Morgan fingerprint density at radius 2 is 2.42 bits per heavy atom. The van der Waals surface area contributed by atoms with Crippen LogP contribution in [0.4, 0.5) is 5.69 Å². The summed E-state index contributed by atoms with van der Waals surface area (Å²) in [5.74, 6) is 0.850. The van der Waals surface area contributed by atoms with Crippen molar-refractivity contribution in [3.05, 3.63) is 36.9 Å². The van der Waals surface area contributed by atoms with Crippen molar-refractivity contribution in [3.8, 4) is 0 Å². The monoisotopic (exact) mass is 163 g/mol. The van der Waals surface area contributed by atoms with Crippen LogP contribution in [-0.4, -0.2) is 19.1 Å². The largest absolute Gasteiger partial charge is 0.375 e.